The molecule has 1 aliphatic rings. The second kappa shape index (κ2) is 6.31. The number of pyridine rings is 1. The van der Waals surface area contributed by atoms with E-state index in [0.717, 1.165) is 32.3 Å². The zero-order valence-corrected chi connectivity index (χ0v) is 12.6. The number of nitrogens with two attached hydrogens (primary N) is 1. The zero-order chi connectivity index (χ0) is 14.6. The molecular formula is C15H25N3O2. The third-order valence-electron chi connectivity index (χ3n) is 4.23. The standard InChI is InChI=1S/C15H25N3O2/c1-4-15(5-2)10-11(8-9-20-15)17-14-12(16)6-7-13(18-14)19-3/h6-7,11H,4-5,8-10,16H2,1-3H3,(H,17,18). The Kier molecular flexibility index (Phi) is 4.70. The summed E-state index contributed by atoms with van der Waals surface area (Å²) in [7, 11) is 1.61. The van der Waals surface area contributed by atoms with Gasteiger partial charge < -0.3 is 20.5 Å². The van der Waals surface area contributed by atoms with Crippen molar-refractivity contribution in [3.05, 3.63) is 12.1 Å². The molecule has 0 bridgehead atoms. The van der Waals surface area contributed by atoms with Crippen LogP contribution in [0.1, 0.15) is 39.5 Å². The van der Waals surface area contributed by atoms with E-state index >= 15 is 0 Å². The van der Waals surface area contributed by atoms with Crippen molar-refractivity contribution in [1.29, 1.82) is 0 Å². The maximum atomic E-state index is 5.99. The molecule has 3 N–H and O–H groups in total. The molecule has 1 aliphatic heterocycles. The lowest BCUT2D eigenvalue weighted by Crippen LogP contribution is -2.43. The van der Waals surface area contributed by atoms with Crippen molar-refractivity contribution in [3.63, 3.8) is 0 Å². The number of anilines is 2. The molecule has 5 heteroatoms. The predicted octanol–water partition coefficient (Wildman–Crippen LogP) is 2.82. The van der Waals surface area contributed by atoms with Gasteiger partial charge in [-0.3, -0.25) is 0 Å². The van der Waals surface area contributed by atoms with E-state index in [1.165, 1.54) is 0 Å². The number of aromatic nitrogens is 1. The number of nitrogens with one attached hydrogen (secondary N) is 1. The third kappa shape index (κ3) is 3.15. The van der Waals surface area contributed by atoms with E-state index in [4.69, 9.17) is 15.2 Å². The highest BCUT2D eigenvalue weighted by molar-refractivity contribution is 5.62. The van der Waals surface area contributed by atoms with Crippen LogP contribution >= 0.6 is 0 Å². The molecule has 20 heavy (non-hydrogen) atoms. The summed E-state index contributed by atoms with van der Waals surface area (Å²) >= 11 is 0. The van der Waals surface area contributed by atoms with E-state index in [9.17, 15) is 0 Å². The Labute approximate surface area is 120 Å². The Morgan fingerprint density at radius 1 is 1.45 bits per heavy atom. The molecule has 1 saturated heterocycles. The minimum Gasteiger partial charge on any atom is -0.481 e. The zero-order valence-electron chi connectivity index (χ0n) is 12.6. The minimum absolute atomic E-state index is 0.0104. The molecule has 0 radical (unpaired) electrons. The average Bonchev–Trinajstić information content (AvgIpc) is 2.49. The van der Waals surface area contributed by atoms with Crippen LogP contribution < -0.4 is 15.8 Å². The molecule has 0 aliphatic carbocycles. The summed E-state index contributed by atoms with van der Waals surface area (Å²) in [4.78, 5) is 4.39. The van der Waals surface area contributed by atoms with Gasteiger partial charge in [0.2, 0.25) is 5.88 Å². The lowest BCUT2D eigenvalue weighted by molar-refractivity contribution is -0.0864. The van der Waals surface area contributed by atoms with E-state index < -0.39 is 0 Å². The SMILES string of the molecule is CCC1(CC)CC(Nc2nc(OC)ccc2N)CCO1. The van der Waals surface area contributed by atoms with Crippen molar-refractivity contribution >= 4 is 11.5 Å². The fourth-order valence-electron chi connectivity index (χ4n) is 2.77. The summed E-state index contributed by atoms with van der Waals surface area (Å²) in [6, 6.07) is 3.93. The van der Waals surface area contributed by atoms with E-state index in [1.54, 1.807) is 13.2 Å². The van der Waals surface area contributed by atoms with Crippen molar-refractivity contribution in [2.75, 3.05) is 24.8 Å². The van der Waals surface area contributed by atoms with Crippen LogP contribution in [0.25, 0.3) is 0 Å². The summed E-state index contributed by atoms with van der Waals surface area (Å²) in [6.07, 6.45) is 4.02. The Hall–Kier alpha value is -1.49. The Bertz CT molecular complexity index is 447. The molecule has 1 aromatic rings. The molecule has 2 heterocycles. The maximum Gasteiger partial charge on any atom is 0.215 e. The van der Waals surface area contributed by atoms with Gasteiger partial charge in [0.25, 0.3) is 0 Å². The van der Waals surface area contributed by atoms with Crippen LogP contribution in [0.3, 0.4) is 0 Å². The van der Waals surface area contributed by atoms with Gasteiger partial charge in [-0.05, 0) is 31.7 Å². The van der Waals surface area contributed by atoms with Crippen LogP contribution in [0.5, 0.6) is 5.88 Å². The van der Waals surface area contributed by atoms with Crippen LogP contribution in [0.2, 0.25) is 0 Å². The van der Waals surface area contributed by atoms with Crippen molar-refractivity contribution < 1.29 is 9.47 Å². The van der Waals surface area contributed by atoms with Gasteiger partial charge in [-0.2, -0.15) is 4.98 Å². The molecule has 0 aromatic carbocycles. The first-order valence-corrected chi connectivity index (χ1v) is 7.33. The molecule has 1 unspecified atom stereocenters. The fraction of sp³-hybridized carbons (Fsp3) is 0.667. The van der Waals surface area contributed by atoms with Gasteiger partial charge >= 0.3 is 0 Å². The minimum atomic E-state index is -0.0104. The van der Waals surface area contributed by atoms with Gasteiger partial charge in [-0.15, -0.1) is 0 Å². The fourth-order valence-corrected chi connectivity index (χ4v) is 2.77. The van der Waals surface area contributed by atoms with Gasteiger partial charge in [0, 0.05) is 18.7 Å². The van der Waals surface area contributed by atoms with Gasteiger partial charge in [-0.25, -0.2) is 0 Å². The predicted molar refractivity (Wildman–Crippen MR) is 81.1 cm³/mol. The van der Waals surface area contributed by atoms with Crippen LogP contribution in [-0.2, 0) is 4.74 Å². The van der Waals surface area contributed by atoms with E-state index in [0.29, 0.717) is 23.4 Å². The molecule has 5 nitrogen and oxygen atoms in total. The number of nitrogen functional groups attached to an aromatic ring is 1. The molecule has 2 rings (SSSR count). The largest absolute Gasteiger partial charge is 0.481 e. The van der Waals surface area contributed by atoms with E-state index in [2.05, 4.69) is 24.1 Å². The van der Waals surface area contributed by atoms with Gasteiger partial charge in [0.1, 0.15) is 0 Å². The number of rotatable bonds is 5. The molecule has 0 spiro atoms. The van der Waals surface area contributed by atoms with Crippen LogP contribution in [0.4, 0.5) is 11.5 Å². The Balaban J connectivity index is 2.09. The Morgan fingerprint density at radius 3 is 2.85 bits per heavy atom. The quantitative estimate of drug-likeness (QED) is 0.867. The number of methoxy groups -OCH3 is 1. The first kappa shape index (κ1) is 14.9. The lowest BCUT2D eigenvalue weighted by atomic mass is 9.86. The second-order valence-corrected chi connectivity index (χ2v) is 5.36. The highest BCUT2D eigenvalue weighted by Crippen LogP contribution is 2.33. The van der Waals surface area contributed by atoms with Crippen LogP contribution in [0, 0.1) is 0 Å². The number of ether oxygens (including phenoxy) is 2. The van der Waals surface area contributed by atoms with Crippen molar-refractivity contribution in [2.45, 2.75) is 51.2 Å². The molecule has 112 valence electrons. The second-order valence-electron chi connectivity index (χ2n) is 5.36. The smallest absolute Gasteiger partial charge is 0.215 e. The molecular weight excluding hydrogens is 254 g/mol. The number of hydrogen-bond acceptors (Lipinski definition) is 5. The van der Waals surface area contributed by atoms with Crippen LogP contribution in [0.15, 0.2) is 12.1 Å². The van der Waals surface area contributed by atoms with Gasteiger partial charge in [0.15, 0.2) is 5.82 Å². The Morgan fingerprint density at radius 2 is 2.20 bits per heavy atom. The molecule has 1 fully saturated rings. The summed E-state index contributed by atoms with van der Waals surface area (Å²) in [5, 5.41) is 3.45. The van der Waals surface area contributed by atoms with Crippen molar-refractivity contribution in [1.82, 2.24) is 4.98 Å². The summed E-state index contributed by atoms with van der Waals surface area (Å²) in [5.74, 6) is 1.28. The third-order valence-corrected chi connectivity index (χ3v) is 4.23. The number of hydrogen-bond donors (Lipinski definition) is 2. The topological polar surface area (TPSA) is 69.4 Å². The van der Waals surface area contributed by atoms with Gasteiger partial charge in [0.05, 0.1) is 18.4 Å². The molecule has 0 amide bonds. The molecule has 1 aromatic heterocycles. The van der Waals surface area contributed by atoms with E-state index in [-0.39, 0.29) is 5.60 Å². The highest BCUT2D eigenvalue weighted by Gasteiger charge is 2.34. The monoisotopic (exact) mass is 279 g/mol. The molecule has 1 atom stereocenters. The first-order valence-electron chi connectivity index (χ1n) is 7.33. The summed E-state index contributed by atoms with van der Waals surface area (Å²) in [5.41, 5.74) is 6.62. The average molecular weight is 279 g/mol. The van der Waals surface area contributed by atoms with Gasteiger partial charge in [-0.1, -0.05) is 13.8 Å². The normalized spacial score (nSPS) is 21.4. The lowest BCUT2D eigenvalue weighted by Gasteiger charge is -2.40. The number of nitrogens with zero attached hydrogens (tertiary/aromatic N) is 1. The molecule has 0 saturated carbocycles. The summed E-state index contributed by atoms with van der Waals surface area (Å²) in [6.45, 7) is 5.15. The van der Waals surface area contributed by atoms with E-state index in [1.807, 2.05) is 6.07 Å². The van der Waals surface area contributed by atoms with Crippen LogP contribution in [-0.4, -0.2) is 30.3 Å². The highest BCUT2D eigenvalue weighted by atomic mass is 16.5. The summed E-state index contributed by atoms with van der Waals surface area (Å²) < 4.78 is 11.1. The van der Waals surface area contributed by atoms with Crippen molar-refractivity contribution in [2.24, 2.45) is 0 Å². The maximum absolute atomic E-state index is 5.99. The van der Waals surface area contributed by atoms with Crippen molar-refractivity contribution in [3.8, 4) is 5.88 Å². The first-order chi connectivity index (χ1) is 9.62.